The molecule has 0 saturated heterocycles. The topological polar surface area (TPSA) is 56.3 Å². The number of benzene rings is 2. The molecule has 5 heteroatoms. The molecule has 100 valence electrons. The van der Waals surface area contributed by atoms with Gasteiger partial charge in [0.2, 0.25) is 5.88 Å². The summed E-state index contributed by atoms with van der Waals surface area (Å²) < 4.78 is 29.2. The van der Waals surface area contributed by atoms with E-state index in [1.807, 2.05) is 24.3 Å². The summed E-state index contributed by atoms with van der Waals surface area (Å²) in [6.45, 7) is 0. The van der Waals surface area contributed by atoms with Crippen molar-refractivity contribution < 1.29 is 12.6 Å². The van der Waals surface area contributed by atoms with Crippen LogP contribution in [0.15, 0.2) is 71.8 Å². The molecule has 0 spiro atoms. The highest BCUT2D eigenvalue weighted by molar-refractivity contribution is 7.87. The van der Waals surface area contributed by atoms with Gasteiger partial charge < -0.3 is 4.18 Å². The van der Waals surface area contributed by atoms with Crippen LogP contribution in [0.2, 0.25) is 0 Å². The van der Waals surface area contributed by atoms with Gasteiger partial charge in [0.25, 0.3) is 0 Å². The fourth-order valence-electron chi connectivity index (χ4n) is 1.86. The Bertz CT molecular complexity index is 845. The van der Waals surface area contributed by atoms with Crippen molar-refractivity contribution in [2.45, 2.75) is 4.90 Å². The molecule has 3 rings (SSSR count). The SMILES string of the molecule is O=S(=O)(Oc1cc2ccccc2cn1)c1ccccc1. The molecule has 1 aromatic heterocycles. The van der Waals surface area contributed by atoms with Gasteiger partial charge in [-0.15, -0.1) is 0 Å². The molecule has 0 amide bonds. The normalized spacial score (nSPS) is 11.4. The third kappa shape index (κ3) is 2.48. The van der Waals surface area contributed by atoms with Gasteiger partial charge in [0, 0.05) is 17.6 Å². The van der Waals surface area contributed by atoms with Crippen LogP contribution < -0.4 is 4.18 Å². The second-order valence-corrected chi connectivity index (χ2v) is 5.77. The zero-order valence-electron chi connectivity index (χ0n) is 10.4. The summed E-state index contributed by atoms with van der Waals surface area (Å²) in [5, 5.41) is 1.80. The molecule has 0 aliphatic rings. The minimum absolute atomic E-state index is 0.0625. The van der Waals surface area contributed by atoms with E-state index >= 15 is 0 Å². The lowest BCUT2D eigenvalue weighted by molar-refractivity contribution is 0.476. The Morgan fingerprint density at radius 3 is 2.25 bits per heavy atom. The lowest BCUT2D eigenvalue weighted by Gasteiger charge is -2.06. The first-order valence-corrected chi connectivity index (χ1v) is 7.40. The second-order valence-electron chi connectivity index (χ2n) is 4.22. The van der Waals surface area contributed by atoms with Crippen LogP contribution in [0.5, 0.6) is 5.88 Å². The van der Waals surface area contributed by atoms with Crippen molar-refractivity contribution in [2.75, 3.05) is 0 Å². The molecule has 0 bridgehead atoms. The average molecular weight is 285 g/mol. The first-order chi connectivity index (χ1) is 9.65. The third-order valence-electron chi connectivity index (χ3n) is 2.83. The number of aromatic nitrogens is 1. The maximum Gasteiger partial charge on any atom is 0.340 e. The minimum Gasteiger partial charge on any atom is -0.358 e. The molecule has 3 aromatic rings. The van der Waals surface area contributed by atoms with Crippen molar-refractivity contribution in [1.82, 2.24) is 4.98 Å². The van der Waals surface area contributed by atoms with E-state index in [2.05, 4.69) is 4.98 Å². The number of nitrogens with zero attached hydrogens (tertiary/aromatic N) is 1. The van der Waals surface area contributed by atoms with Crippen molar-refractivity contribution in [1.29, 1.82) is 0 Å². The molecule has 0 unspecified atom stereocenters. The number of hydrogen-bond donors (Lipinski definition) is 0. The smallest absolute Gasteiger partial charge is 0.340 e. The molecule has 1 heterocycles. The van der Waals surface area contributed by atoms with E-state index in [9.17, 15) is 8.42 Å². The molecule has 0 aliphatic heterocycles. The minimum atomic E-state index is -3.84. The standard InChI is InChI=1S/C15H11NO3S/c17-20(18,14-8-2-1-3-9-14)19-15-10-12-6-4-5-7-13(12)11-16-15/h1-11H. The van der Waals surface area contributed by atoms with E-state index in [1.54, 1.807) is 30.5 Å². The lowest BCUT2D eigenvalue weighted by atomic mass is 10.2. The number of rotatable bonds is 3. The van der Waals surface area contributed by atoms with Gasteiger partial charge in [-0.1, -0.05) is 42.5 Å². The van der Waals surface area contributed by atoms with Crippen molar-refractivity contribution in [3.8, 4) is 5.88 Å². The summed E-state index contributed by atoms with van der Waals surface area (Å²) in [5.74, 6) is 0.0625. The first-order valence-electron chi connectivity index (χ1n) is 5.99. The van der Waals surface area contributed by atoms with Crippen molar-refractivity contribution in [2.24, 2.45) is 0 Å². The van der Waals surface area contributed by atoms with Crippen molar-refractivity contribution in [3.05, 3.63) is 66.9 Å². The predicted octanol–water partition coefficient (Wildman–Crippen LogP) is 3.00. The van der Waals surface area contributed by atoms with E-state index < -0.39 is 10.1 Å². The van der Waals surface area contributed by atoms with E-state index in [0.29, 0.717) is 0 Å². The monoisotopic (exact) mass is 285 g/mol. The fourth-order valence-corrected chi connectivity index (χ4v) is 2.76. The maximum absolute atomic E-state index is 12.1. The van der Waals surface area contributed by atoms with Crippen LogP contribution in [0.4, 0.5) is 0 Å². The first kappa shape index (κ1) is 12.6. The zero-order chi connectivity index (χ0) is 14.0. The molecule has 0 radical (unpaired) electrons. The highest BCUT2D eigenvalue weighted by atomic mass is 32.2. The molecular formula is C15H11NO3S. The summed E-state index contributed by atoms with van der Waals surface area (Å²) in [7, 11) is -3.84. The molecule has 0 atom stereocenters. The lowest BCUT2D eigenvalue weighted by Crippen LogP contribution is -2.10. The Morgan fingerprint density at radius 2 is 1.50 bits per heavy atom. The van der Waals surface area contributed by atoms with Gasteiger partial charge in [-0.05, 0) is 17.5 Å². The Labute approximate surface area is 116 Å². The third-order valence-corrected chi connectivity index (χ3v) is 4.07. The van der Waals surface area contributed by atoms with Crippen LogP contribution in [0.1, 0.15) is 0 Å². The molecule has 0 N–H and O–H groups in total. The van der Waals surface area contributed by atoms with Gasteiger partial charge in [-0.2, -0.15) is 8.42 Å². The second kappa shape index (κ2) is 4.94. The maximum atomic E-state index is 12.1. The largest absolute Gasteiger partial charge is 0.358 e. The average Bonchev–Trinajstić information content (AvgIpc) is 2.48. The van der Waals surface area contributed by atoms with Gasteiger partial charge in [0.1, 0.15) is 4.90 Å². The Kier molecular flexibility index (Phi) is 3.12. The van der Waals surface area contributed by atoms with E-state index in [0.717, 1.165) is 10.8 Å². The van der Waals surface area contributed by atoms with Crippen LogP contribution in [-0.4, -0.2) is 13.4 Å². The van der Waals surface area contributed by atoms with Gasteiger partial charge >= 0.3 is 10.1 Å². The van der Waals surface area contributed by atoms with Crippen molar-refractivity contribution >= 4 is 20.9 Å². The van der Waals surface area contributed by atoms with Gasteiger partial charge in [-0.25, -0.2) is 4.98 Å². The molecule has 0 fully saturated rings. The van der Waals surface area contributed by atoms with Crippen LogP contribution >= 0.6 is 0 Å². The molecule has 20 heavy (non-hydrogen) atoms. The number of hydrogen-bond acceptors (Lipinski definition) is 4. The molecule has 0 aliphatic carbocycles. The zero-order valence-corrected chi connectivity index (χ0v) is 11.2. The van der Waals surface area contributed by atoms with Crippen LogP contribution in [-0.2, 0) is 10.1 Å². The van der Waals surface area contributed by atoms with E-state index in [1.165, 1.54) is 12.1 Å². The van der Waals surface area contributed by atoms with Crippen LogP contribution in [0, 0.1) is 0 Å². The van der Waals surface area contributed by atoms with Crippen molar-refractivity contribution in [3.63, 3.8) is 0 Å². The van der Waals surface area contributed by atoms with Crippen LogP contribution in [0.3, 0.4) is 0 Å². The Hall–Kier alpha value is -2.40. The fraction of sp³-hybridized carbons (Fsp3) is 0. The van der Waals surface area contributed by atoms with Crippen LogP contribution in [0.25, 0.3) is 10.8 Å². The summed E-state index contributed by atoms with van der Waals surface area (Å²) in [5.41, 5.74) is 0. The van der Waals surface area contributed by atoms with E-state index in [-0.39, 0.29) is 10.8 Å². The molecular weight excluding hydrogens is 274 g/mol. The highest BCUT2D eigenvalue weighted by Gasteiger charge is 2.16. The highest BCUT2D eigenvalue weighted by Crippen LogP contribution is 2.21. The summed E-state index contributed by atoms with van der Waals surface area (Å²) >= 11 is 0. The quantitative estimate of drug-likeness (QED) is 0.694. The van der Waals surface area contributed by atoms with Gasteiger partial charge in [0.15, 0.2) is 0 Å². The van der Waals surface area contributed by atoms with Gasteiger partial charge in [-0.3, -0.25) is 0 Å². The molecule has 2 aromatic carbocycles. The summed E-state index contributed by atoms with van der Waals surface area (Å²) in [4.78, 5) is 4.12. The van der Waals surface area contributed by atoms with Gasteiger partial charge in [0.05, 0.1) is 0 Å². The summed E-state index contributed by atoms with van der Waals surface area (Å²) in [6.07, 6.45) is 1.59. The predicted molar refractivity (Wildman–Crippen MR) is 76.0 cm³/mol. The summed E-state index contributed by atoms with van der Waals surface area (Å²) in [6, 6.07) is 17.1. The van der Waals surface area contributed by atoms with E-state index in [4.69, 9.17) is 4.18 Å². The Morgan fingerprint density at radius 1 is 0.850 bits per heavy atom. The Balaban J connectivity index is 1.97. The molecule has 0 saturated carbocycles. The molecule has 4 nitrogen and oxygen atoms in total. The number of pyridine rings is 1. The number of fused-ring (bicyclic) bond motifs is 1.